The summed E-state index contributed by atoms with van der Waals surface area (Å²) in [6, 6.07) is 1.52. The maximum absolute atomic E-state index is 4.94. The van der Waals surface area contributed by atoms with Gasteiger partial charge in [-0.25, -0.2) is 0 Å². The number of hydrogen-bond donors (Lipinski definition) is 2. The molecule has 1 atom stereocenters. The van der Waals surface area contributed by atoms with E-state index in [4.69, 9.17) is 4.99 Å². The highest BCUT2D eigenvalue weighted by molar-refractivity contribution is 5.80. The molecule has 1 aliphatic rings. The zero-order valence-corrected chi connectivity index (χ0v) is 18.4. The van der Waals surface area contributed by atoms with Crippen LogP contribution < -0.4 is 10.6 Å². The van der Waals surface area contributed by atoms with Gasteiger partial charge in [0, 0.05) is 50.8 Å². The Kier molecular flexibility index (Phi) is 11.4. The maximum Gasteiger partial charge on any atom is 0.191 e. The fraction of sp³-hybridized carbons (Fsp3) is 0.773. The summed E-state index contributed by atoms with van der Waals surface area (Å²) in [5.41, 5.74) is 0. The lowest BCUT2D eigenvalue weighted by molar-refractivity contribution is 0.167. The first-order chi connectivity index (χ1) is 12.9. The molecule has 0 aromatic heterocycles. The molecule has 0 saturated carbocycles. The third kappa shape index (κ3) is 8.48. The summed E-state index contributed by atoms with van der Waals surface area (Å²) in [6.07, 6.45) is 6.29. The van der Waals surface area contributed by atoms with Gasteiger partial charge in [-0.05, 0) is 39.5 Å². The Morgan fingerprint density at radius 1 is 1.15 bits per heavy atom. The first-order valence-electron chi connectivity index (χ1n) is 10.7. The van der Waals surface area contributed by atoms with Crippen molar-refractivity contribution >= 4 is 5.96 Å². The third-order valence-corrected chi connectivity index (χ3v) is 5.35. The van der Waals surface area contributed by atoms with Crippen LogP contribution in [0.1, 0.15) is 47.5 Å². The lowest BCUT2D eigenvalue weighted by Crippen LogP contribution is -2.50. The number of guanidine groups is 1. The van der Waals surface area contributed by atoms with Crippen molar-refractivity contribution in [2.45, 2.75) is 65.6 Å². The van der Waals surface area contributed by atoms with Crippen molar-refractivity contribution in [3.63, 3.8) is 0 Å². The highest BCUT2D eigenvalue weighted by atomic mass is 15.2. The summed E-state index contributed by atoms with van der Waals surface area (Å²) in [6.45, 7) is 24.7. The minimum absolute atomic E-state index is 0.374. The SMILES string of the molecule is C=CCN(CC=C)C(CN=C(NCC)NC1CCN(C(C)C)CC1)C(C)C. The van der Waals surface area contributed by atoms with Gasteiger partial charge in [0.2, 0.25) is 0 Å². The Bertz CT molecular complexity index is 440. The van der Waals surface area contributed by atoms with Gasteiger partial charge in [-0.15, -0.1) is 13.2 Å². The Balaban J connectivity index is 2.72. The van der Waals surface area contributed by atoms with Crippen molar-refractivity contribution in [2.75, 3.05) is 39.3 Å². The second-order valence-corrected chi connectivity index (χ2v) is 8.11. The minimum Gasteiger partial charge on any atom is -0.357 e. The van der Waals surface area contributed by atoms with E-state index >= 15 is 0 Å². The van der Waals surface area contributed by atoms with Crippen molar-refractivity contribution < 1.29 is 0 Å². The normalized spacial score (nSPS) is 18.1. The highest BCUT2D eigenvalue weighted by Gasteiger charge is 2.23. The molecule has 0 radical (unpaired) electrons. The standard InChI is InChI=1S/C22H43N5/c1-8-13-27(14-9-2)21(18(4)5)17-24-22(23-10-3)25-20-11-15-26(16-12-20)19(6)7/h8-9,18-21H,1-2,10-17H2,3-7H3,(H2,23,24,25). The first kappa shape index (κ1) is 23.7. The molecule has 5 heteroatoms. The average molecular weight is 378 g/mol. The minimum atomic E-state index is 0.374. The fourth-order valence-electron chi connectivity index (χ4n) is 3.68. The van der Waals surface area contributed by atoms with Gasteiger partial charge in [0.1, 0.15) is 0 Å². The Hall–Kier alpha value is -1.33. The van der Waals surface area contributed by atoms with Crippen LogP contribution in [0.3, 0.4) is 0 Å². The zero-order chi connectivity index (χ0) is 20.2. The predicted molar refractivity (Wildman–Crippen MR) is 119 cm³/mol. The Morgan fingerprint density at radius 2 is 1.74 bits per heavy atom. The molecule has 1 saturated heterocycles. The fourth-order valence-corrected chi connectivity index (χ4v) is 3.68. The molecule has 1 heterocycles. The summed E-state index contributed by atoms with van der Waals surface area (Å²) in [5, 5.41) is 7.09. The van der Waals surface area contributed by atoms with E-state index in [1.807, 2.05) is 12.2 Å². The van der Waals surface area contributed by atoms with E-state index < -0.39 is 0 Å². The monoisotopic (exact) mass is 377 g/mol. The van der Waals surface area contributed by atoms with Gasteiger partial charge >= 0.3 is 0 Å². The molecule has 0 amide bonds. The lowest BCUT2D eigenvalue weighted by Gasteiger charge is -2.35. The van der Waals surface area contributed by atoms with Crippen LogP contribution in [0, 0.1) is 5.92 Å². The molecule has 2 N–H and O–H groups in total. The molecular formula is C22H43N5. The average Bonchev–Trinajstić information content (AvgIpc) is 2.62. The van der Waals surface area contributed by atoms with E-state index in [0.717, 1.165) is 45.2 Å². The topological polar surface area (TPSA) is 42.9 Å². The zero-order valence-electron chi connectivity index (χ0n) is 18.4. The molecule has 156 valence electrons. The molecule has 1 unspecified atom stereocenters. The van der Waals surface area contributed by atoms with E-state index in [0.29, 0.717) is 24.0 Å². The predicted octanol–water partition coefficient (Wildman–Crippen LogP) is 3.11. The van der Waals surface area contributed by atoms with Crippen LogP contribution in [-0.2, 0) is 0 Å². The number of nitrogens with one attached hydrogen (secondary N) is 2. The van der Waals surface area contributed by atoms with Crippen molar-refractivity contribution in [1.29, 1.82) is 0 Å². The summed E-state index contributed by atoms with van der Waals surface area (Å²) >= 11 is 0. The Labute approximate surface area is 168 Å². The van der Waals surface area contributed by atoms with Crippen LogP contribution >= 0.6 is 0 Å². The number of likely N-dealkylation sites (tertiary alicyclic amines) is 1. The number of aliphatic imine (C=N–C) groups is 1. The molecule has 0 aliphatic carbocycles. The smallest absolute Gasteiger partial charge is 0.191 e. The molecule has 1 rings (SSSR count). The summed E-state index contributed by atoms with van der Waals surface area (Å²) < 4.78 is 0. The molecule has 0 aromatic carbocycles. The lowest BCUT2D eigenvalue weighted by atomic mass is 10.0. The van der Waals surface area contributed by atoms with E-state index in [-0.39, 0.29) is 0 Å². The van der Waals surface area contributed by atoms with Gasteiger partial charge < -0.3 is 15.5 Å². The number of piperidine rings is 1. The van der Waals surface area contributed by atoms with Gasteiger partial charge in [0.15, 0.2) is 5.96 Å². The van der Waals surface area contributed by atoms with Crippen molar-refractivity contribution in [3.05, 3.63) is 25.3 Å². The summed E-state index contributed by atoms with van der Waals surface area (Å²) in [4.78, 5) is 9.90. The van der Waals surface area contributed by atoms with E-state index in [1.54, 1.807) is 0 Å². The van der Waals surface area contributed by atoms with Crippen molar-refractivity contribution in [3.8, 4) is 0 Å². The van der Waals surface area contributed by atoms with Gasteiger partial charge in [0.25, 0.3) is 0 Å². The second-order valence-electron chi connectivity index (χ2n) is 8.11. The molecule has 0 spiro atoms. The van der Waals surface area contributed by atoms with Gasteiger partial charge in [-0.3, -0.25) is 9.89 Å². The molecule has 1 fully saturated rings. The molecule has 0 aromatic rings. The largest absolute Gasteiger partial charge is 0.357 e. The first-order valence-corrected chi connectivity index (χ1v) is 10.7. The van der Waals surface area contributed by atoms with Crippen LogP contribution in [0.15, 0.2) is 30.3 Å². The highest BCUT2D eigenvalue weighted by Crippen LogP contribution is 2.14. The molecule has 1 aliphatic heterocycles. The number of nitrogens with zero attached hydrogens (tertiary/aromatic N) is 3. The van der Waals surface area contributed by atoms with E-state index in [2.05, 4.69) is 68.2 Å². The summed E-state index contributed by atoms with van der Waals surface area (Å²) in [5.74, 6) is 1.47. The van der Waals surface area contributed by atoms with Gasteiger partial charge in [-0.2, -0.15) is 0 Å². The molecule has 0 bridgehead atoms. The second kappa shape index (κ2) is 12.9. The van der Waals surface area contributed by atoms with Crippen molar-refractivity contribution in [1.82, 2.24) is 20.4 Å². The quantitative estimate of drug-likeness (QED) is 0.330. The molecular weight excluding hydrogens is 334 g/mol. The third-order valence-electron chi connectivity index (χ3n) is 5.35. The van der Waals surface area contributed by atoms with Crippen LogP contribution in [0.5, 0.6) is 0 Å². The van der Waals surface area contributed by atoms with Gasteiger partial charge in [-0.1, -0.05) is 26.0 Å². The van der Waals surface area contributed by atoms with Crippen LogP contribution in [0.2, 0.25) is 0 Å². The van der Waals surface area contributed by atoms with Crippen molar-refractivity contribution in [2.24, 2.45) is 10.9 Å². The van der Waals surface area contributed by atoms with E-state index in [9.17, 15) is 0 Å². The maximum atomic E-state index is 4.94. The molecule has 5 nitrogen and oxygen atoms in total. The summed E-state index contributed by atoms with van der Waals surface area (Å²) in [7, 11) is 0. The van der Waals surface area contributed by atoms with E-state index in [1.165, 1.54) is 12.8 Å². The number of hydrogen-bond acceptors (Lipinski definition) is 3. The molecule has 27 heavy (non-hydrogen) atoms. The van der Waals surface area contributed by atoms with Crippen LogP contribution in [-0.4, -0.2) is 73.2 Å². The number of rotatable bonds is 11. The van der Waals surface area contributed by atoms with Crippen LogP contribution in [0.4, 0.5) is 0 Å². The van der Waals surface area contributed by atoms with Crippen LogP contribution in [0.25, 0.3) is 0 Å². The van der Waals surface area contributed by atoms with Gasteiger partial charge in [0.05, 0.1) is 6.54 Å². The Morgan fingerprint density at radius 3 is 2.19 bits per heavy atom.